The first-order valence-corrected chi connectivity index (χ1v) is 5.99. The summed E-state index contributed by atoms with van der Waals surface area (Å²) in [7, 11) is 0. The molecule has 0 aliphatic rings. The van der Waals surface area contributed by atoms with Gasteiger partial charge in [-0.15, -0.1) is 0 Å². The van der Waals surface area contributed by atoms with Gasteiger partial charge in [-0.25, -0.2) is 0 Å². The predicted octanol–water partition coefficient (Wildman–Crippen LogP) is 2.89. The Hall–Kier alpha value is -1.82. The number of benzene rings is 1. The standard InChI is InChI=1S/C14H19N3/c1-3-14(17-12(2)16-11-15)10-9-13-7-5-4-6-8-13/h4-8,14H,3,9-10H2,1-2H3,(H,16,17)/t14-/m0/s1. The van der Waals surface area contributed by atoms with E-state index in [2.05, 4.69) is 41.5 Å². The van der Waals surface area contributed by atoms with Gasteiger partial charge in [-0.1, -0.05) is 37.3 Å². The molecule has 17 heavy (non-hydrogen) atoms. The number of nitriles is 1. The fourth-order valence-corrected chi connectivity index (χ4v) is 1.72. The third kappa shape index (κ3) is 5.17. The second kappa shape index (κ2) is 7.45. The first kappa shape index (κ1) is 13.2. The molecule has 0 bridgehead atoms. The predicted molar refractivity (Wildman–Crippen MR) is 70.7 cm³/mol. The minimum Gasteiger partial charge on any atom is -0.281 e. The summed E-state index contributed by atoms with van der Waals surface area (Å²) in [4.78, 5) is 4.48. The largest absolute Gasteiger partial charge is 0.281 e. The lowest BCUT2D eigenvalue weighted by Gasteiger charge is -2.11. The van der Waals surface area contributed by atoms with Gasteiger partial charge in [0.15, 0.2) is 6.19 Å². The molecular weight excluding hydrogens is 210 g/mol. The molecule has 0 heterocycles. The lowest BCUT2D eigenvalue weighted by atomic mass is 10.0. The van der Waals surface area contributed by atoms with Crippen LogP contribution < -0.4 is 5.32 Å². The van der Waals surface area contributed by atoms with Crippen molar-refractivity contribution in [2.45, 2.75) is 39.2 Å². The van der Waals surface area contributed by atoms with E-state index >= 15 is 0 Å². The van der Waals surface area contributed by atoms with Crippen molar-refractivity contribution in [2.24, 2.45) is 4.99 Å². The Kier molecular flexibility index (Phi) is 5.81. The first-order chi connectivity index (χ1) is 8.26. The highest BCUT2D eigenvalue weighted by molar-refractivity contribution is 5.80. The van der Waals surface area contributed by atoms with E-state index in [0.29, 0.717) is 5.84 Å². The fourth-order valence-electron chi connectivity index (χ4n) is 1.72. The SMILES string of the molecule is CC[C@@H](CCc1ccccc1)N=C(C)NC#N. The van der Waals surface area contributed by atoms with E-state index in [1.165, 1.54) is 5.56 Å². The number of aliphatic imine (C=N–C) groups is 1. The van der Waals surface area contributed by atoms with Crippen molar-refractivity contribution in [3.05, 3.63) is 35.9 Å². The van der Waals surface area contributed by atoms with Crippen molar-refractivity contribution in [1.29, 1.82) is 5.26 Å². The third-order valence-electron chi connectivity index (χ3n) is 2.69. The monoisotopic (exact) mass is 229 g/mol. The van der Waals surface area contributed by atoms with Crippen molar-refractivity contribution >= 4 is 5.84 Å². The van der Waals surface area contributed by atoms with Crippen LogP contribution in [0.25, 0.3) is 0 Å². The summed E-state index contributed by atoms with van der Waals surface area (Å²) < 4.78 is 0. The number of amidine groups is 1. The van der Waals surface area contributed by atoms with Gasteiger partial charge in [0, 0.05) is 0 Å². The summed E-state index contributed by atoms with van der Waals surface area (Å²) in [6, 6.07) is 10.7. The number of aryl methyl sites for hydroxylation is 1. The number of nitrogens with one attached hydrogen (secondary N) is 1. The van der Waals surface area contributed by atoms with Gasteiger partial charge in [-0.2, -0.15) is 5.26 Å². The highest BCUT2D eigenvalue weighted by Crippen LogP contribution is 2.10. The number of rotatable bonds is 5. The van der Waals surface area contributed by atoms with Crippen LogP contribution in [0.15, 0.2) is 35.3 Å². The molecule has 0 spiro atoms. The van der Waals surface area contributed by atoms with Gasteiger partial charge >= 0.3 is 0 Å². The zero-order valence-corrected chi connectivity index (χ0v) is 10.5. The summed E-state index contributed by atoms with van der Waals surface area (Å²) in [5.74, 6) is 0.701. The minimum absolute atomic E-state index is 0.288. The minimum atomic E-state index is 0.288. The summed E-state index contributed by atoms with van der Waals surface area (Å²) in [6.07, 6.45) is 4.94. The van der Waals surface area contributed by atoms with Gasteiger partial charge in [0.2, 0.25) is 0 Å². The van der Waals surface area contributed by atoms with Crippen LogP contribution in [0.5, 0.6) is 0 Å². The average molecular weight is 229 g/mol. The molecule has 0 amide bonds. The van der Waals surface area contributed by atoms with Crippen molar-refractivity contribution < 1.29 is 0 Å². The lowest BCUT2D eigenvalue weighted by molar-refractivity contribution is 0.596. The fraction of sp³-hybridized carbons (Fsp3) is 0.429. The van der Waals surface area contributed by atoms with Gasteiger partial charge in [0.05, 0.1) is 6.04 Å². The molecule has 90 valence electrons. The average Bonchev–Trinajstić information content (AvgIpc) is 2.36. The molecule has 0 aliphatic heterocycles. The summed E-state index contributed by atoms with van der Waals surface area (Å²) in [6.45, 7) is 3.95. The normalized spacial score (nSPS) is 12.9. The Balaban J connectivity index is 2.48. The van der Waals surface area contributed by atoms with Crippen LogP contribution in [-0.4, -0.2) is 11.9 Å². The quantitative estimate of drug-likeness (QED) is 0.365. The van der Waals surface area contributed by atoms with Crippen LogP contribution in [0.3, 0.4) is 0 Å². The van der Waals surface area contributed by atoms with Crippen LogP contribution in [0.1, 0.15) is 32.3 Å². The van der Waals surface area contributed by atoms with E-state index in [4.69, 9.17) is 5.26 Å². The van der Waals surface area contributed by atoms with Crippen LogP contribution in [0.2, 0.25) is 0 Å². The van der Waals surface area contributed by atoms with Crippen molar-refractivity contribution in [3.63, 3.8) is 0 Å². The van der Waals surface area contributed by atoms with E-state index < -0.39 is 0 Å². The molecule has 3 heteroatoms. The Labute approximate surface area is 103 Å². The molecule has 1 rings (SSSR count). The molecular formula is C14H19N3. The van der Waals surface area contributed by atoms with Gasteiger partial charge in [-0.3, -0.25) is 10.3 Å². The molecule has 1 atom stereocenters. The molecule has 0 saturated heterocycles. The van der Waals surface area contributed by atoms with Crippen molar-refractivity contribution in [1.82, 2.24) is 5.32 Å². The Morgan fingerprint density at radius 2 is 2.12 bits per heavy atom. The highest BCUT2D eigenvalue weighted by atomic mass is 15.0. The zero-order chi connectivity index (χ0) is 12.5. The van der Waals surface area contributed by atoms with Gasteiger partial charge in [0.1, 0.15) is 5.84 Å². The molecule has 1 aromatic carbocycles. The molecule has 0 aliphatic carbocycles. The maximum absolute atomic E-state index is 8.49. The van der Waals surface area contributed by atoms with E-state index in [1.54, 1.807) is 0 Å². The summed E-state index contributed by atoms with van der Waals surface area (Å²) in [5.41, 5.74) is 1.34. The maximum atomic E-state index is 8.49. The number of hydrogen-bond acceptors (Lipinski definition) is 2. The molecule has 0 aromatic heterocycles. The van der Waals surface area contributed by atoms with Crippen LogP contribution in [0, 0.1) is 11.5 Å². The Morgan fingerprint density at radius 3 is 2.71 bits per heavy atom. The number of nitrogens with zero attached hydrogens (tertiary/aromatic N) is 2. The van der Waals surface area contributed by atoms with Gasteiger partial charge < -0.3 is 0 Å². The molecule has 0 fully saturated rings. The second-order valence-electron chi connectivity index (χ2n) is 4.04. The summed E-state index contributed by atoms with van der Waals surface area (Å²) >= 11 is 0. The summed E-state index contributed by atoms with van der Waals surface area (Å²) in [5, 5.41) is 11.1. The van der Waals surface area contributed by atoms with Crippen LogP contribution in [0.4, 0.5) is 0 Å². The maximum Gasteiger partial charge on any atom is 0.182 e. The van der Waals surface area contributed by atoms with Crippen LogP contribution in [-0.2, 0) is 6.42 Å². The number of hydrogen-bond donors (Lipinski definition) is 1. The molecule has 3 nitrogen and oxygen atoms in total. The van der Waals surface area contributed by atoms with Gasteiger partial charge in [0.25, 0.3) is 0 Å². The Morgan fingerprint density at radius 1 is 1.41 bits per heavy atom. The lowest BCUT2D eigenvalue weighted by Crippen LogP contribution is -2.17. The Bertz CT molecular complexity index is 390. The van der Waals surface area contributed by atoms with E-state index in [-0.39, 0.29) is 6.04 Å². The van der Waals surface area contributed by atoms with E-state index in [9.17, 15) is 0 Å². The molecule has 1 aromatic rings. The van der Waals surface area contributed by atoms with Crippen molar-refractivity contribution in [3.8, 4) is 6.19 Å². The molecule has 0 saturated carbocycles. The molecule has 0 unspecified atom stereocenters. The molecule has 0 radical (unpaired) electrons. The molecule has 1 N–H and O–H groups in total. The highest BCUT2D eigenvalue weighted by Gasteiger charge is 2.05. The topological polar surface area (TPSA) is 48.2 Å². The second-order valence-corrected chi connectivity index (χ2v) is 4.04. The third-order valence-corrected chi connectivity index (χ3v) is 2.69. The zero-order valence-electron chi connectivity index (χ0n) is 10.5. The van der Waals surface area contributed by atoms with Crippen molar-refractivity contribution in [2.75, 3.05) is 0 Å². The van der Waals surface area contributed by atoms with E-state index in [0.717, 1.165) is 19.3 Å². The smallest absolute Gasteiger partial charge is 0.182 e. The first-order valence-electron chi connectivity index (χ1n) is 5.99. The van der Waals surface area contributed by atoms with Crippen LogP contribution >= 0.6 is 0 Å². The van der Waals surface area contributed by atoms with E-state index in [1.807, 2.05) is 19.2 Å². The van der Waals surface area contributed by atoms with Gasteiger partial charge in [-0.05, 0) is 31.7 Å².